The van der Waals surface area contributed by atoms with Crippen LogP contribution >= 0.6 is 0 Å². The number of guanidine groups is 1. The minimum atomic E-state index is -0.395. The molecule has 44 heavy (non-hydrogen) atoms. The van der Waals surface area contributed by atoms with Crippen molar-refractivity contribution in [1.82, 2.24) is 20.9 Å². The first kappa shape index (κ1) is 30.8. The van der Waals surface area contributed by atoms with Gasteiger partial charge in [-0.3, -0.25) is 14.6 Å². The van der Waals surface area contributed by atoms with Crippen LogP contribution in [-0.2, 0) is 4.79 Å². The van der Waals surface area contributed by atoms with Crippen LogP contribution in [-0.4, -0.2) is 68.0 Å². The quantitative estimate of drug-likeness (QED) is 0.151. The van der Waals surface area contributed by atoms with Gasteiger partial charge < -0.3 is 26.6 Å². The van der Waals surface area contributed by atoms with Crippen LogP contribution in [0.1, 0.15) is 46.7 Å². The molecule has 1 aliphatic heterocycles. The Bertz CT molecular complexity index is 1610. The fourth-order valence-corrected chi connectivity index (χ4v) is 6.33. The van der Waals surface area contributed by atoms with Crippen molar-refractivity contribution in [3.05, 3.63) is 114 Å². The van der Waals surface area contributed by atoms with E-state index in [9.17, 15) is 9.59 Å². The Morgan fingerprint density at radius 3 is 2.61 bits per heavy atom. The van der Waals surface area contributed by atoms with E-state index in [-0.39, 0.29) is 23.8 Å². The molecule has 3 aromatic carbocycles. The lowest BCUT2D eigenvalue weighted by molar-refractivity contribution is -0.133. The van der Waals surface area contributed by atoms with Gasteiger partial charge >= 0.3 is 0 Å². The van der Waals surface area contributed by atoms with E-state index in [2.05, 4.69) is 46.2 Å². The van der Waals surface area contributed by atoms with Crippen molar-refractivity contribution in [3.8, 4) is 0 Å². The lowest BCUT2D eigenvalue weighted by atomic mass is 9.94. The number of nitrogens with two attached hydrogens (primary N) is 1. The zero-order valence-electron chi connectivity index (χ0n) is 25.4. The van der Waals surface area contributed by atoms with Crippen molar-refractivity contribution < 1.29 is 9.59 Å². The number of rotatable bonds is 11. The SMILES string of the molecule is C=CC1=C(C=C)C(CN2CCC(CNC(=O)c3ccc4ccccc4c3)NC(CCCNC(N)=NC)C2=O)c2ccccc21. The van der Waals surface area contributed by atoms with Crippen molar-refractivity contribution in [2.45, 2.75) is 37.3 Å². The number of hydrogen-bond donors (Lipinski definition) is 4. The Morgan fingerprint density at radius 1 is 1.07 bits per heavy atom. The average molecular weight is 591 g/mol. The summed E-state index contributed by atoms with van der Waals surface area (Å²) in [5, 5.41) is 11.9. The summed E-state index contributed by atoms with van der Waals surface area (Å²) < 4.78 is 0. The first-order chi connectivity index (χ1) is 21.4. The maximum atomic E-state index is 14.1. The number of hydrogen-bond acceptors (Lipinski definition) is 4. The zero-order chi connectivity index (χ0) is 31.1. The number of fused-ring (bicyclic) bond motifs is 2. The largest absolute Gasteiger partial charge is 0.370 e. The van der Waals surface area contributed by atoms with Gasteiger partial charge in [0.2, 0.25) is 5.91 Å². The maximum absolute atomic E-state index is 14.1. The van der Waals surface area contributed by atoms with E-state index in [1.807, 2.05) is 71.6 Å². The molecule has 0 aromatic heterocycles. The topological polar surface area (TPSA) is 112 Å². The van der Waals surface area contributed by atoms with Crippen LogP contribution in [0.15, 0.2) is 103 Å². The highest BCUT2D eigenvalue weighted by atomic mass is 16.2. The molecule has 0 saturated carbocycles. The van der Waals surface area contributed by atoms with Gasteiger partial charge in [0.05, 0.1) is 6.04 Å². The number of benzene rings is 3. The second kappa shape index (κ2) is 14.2. The number of carbonyl (C=O) groups excluding carboxylic acids is 2. The van der Waals surface area contributed by atoms with Crippen LogP contribution in [0.3, 0.4) is 0 Å². The summed E-state index contributed by atoms with van der Waals surface area (Å²) in [7, 11) is 1.64. The van der Waals surface area contributed by atoms with Crippen molar-refractivity contribution in [2.75, 3.05) is 33.2 Å². The van der Waals surface area contributed by atoms with Crippen molar-refractivity contribution >= 4 is 34.1 Å². The highest BCUT2D eigenvalue weighted by molar-refractivity contribution is 5.98. The molecule has 2 amide bonds. The summed E-state index contributed by atoms with van der Waals surface area (Å²) in [5.41, 5.74) is 10.9. The van der Waals surface area contributed by atoms with E-state index in [1.54, 1.807) is 7.05 Å². The van der Waals surface area contributed by atoms with E-state index in [1.165, 1.54) is 5.56 Å². The normalized spacial score (nSPS) is 20.3. The number of nitrogens with one attached hydrogen (secondary N) is 3. The Morgan fingerprint density at radius 2 is 1.84 bits per heavy atom. The van der Waals surface area contributed by atoms with Gasteiger partial charge in [-0.15, -0.1) is 0 Å². The lowest BCUT2D eigenvalue weighted by Gasteiger charge is -2.28. The van der Waals surface area contributed by atoms with Crippen molar-refractivity contribution in [1.29, 1.82) is 0 Å². The van der Waals surface area contributed by atoms with Crippen molar-refractivity contribution in [2.24, 2.45) is 10.7 Å². The fourth-order valence-electron chi connectivity index (χ4n) is 6.33. The van der Waals surface area contributed by atoms with Crippen molar-refractivity contribution in [3.63, 3.8) is 0 Å². The van der Waals surface area contributed by atoms with Crippen LogP contribution in [0.2, 0.25) is 0 Å². The van der Waals surface area contributed by atoms with E-state index >= 15 is 0 Å². The number of nitrogens with zero attached hydrogens (tertiary/aromatic N) is 2. The number of amides is 2. The van der Waals surface area contributed by atoms with E-state index in [0.717, 1.165) is 33.9 Å². The molecule has 5 N–H and O–H groups in total. The molecule has 1 fully saturated rings. The van der Waals surface area contributed by atoms with Gasteiger partial charge in [0.15, 0.2) is 5.96 Å². The van der Waals surface area contributed by atoms with Crippen LogP contribution in [0.25, 0.3) is 16.3 Å². The molecule has 8 nitrogen and oxygen atoms in total. The molecule has 5 rings (SSSR count). The average Bonchev–Trinajstić information content (AvgIpc) is 3.28. The third kappa shape index (κ3) is 6.76. The summed E-state index contributed by atoms with van der Waals surface area (Å²) in [6, 6.07) is 21.6. The molecule has 3 unspecified atom stereocenters. The molecule has 1 heterocycles. The highest BCUT2D eigenvalue weighted by Crippen LogP contribution is 2.43. The minimum absolute atomic E-state index is 0.0210. The summed E-state index contributed by atoms with van der Waals surface area (Å²) in [6.45, 7) is 10.3. The molecule has 3 aromatic rings. The molecule has 2 aliphatic rings. The maximum Gasteiger partial charge on any atom is 0.251 e. The second-order valence-corrected chi connectivity index (χ2v) is 11.4. The van der Waals surface area contributed by atoms with Gasteiger partial charge in [0, 0.05) is 50.7 Å². The monoisotopic (exact) mass is 590 g/mol. The summed E-state index contributed by atoms with van der Waals surface area (Å²) >= 11 is 0. The molecular formula is C36H42N6O2. The predicted octanol–water partition coefficient (Wildman–Crippen LogP) is 4.37. The molecular weight excluding hydrogens is 548 g/mol. The van der Waals surface area contributed by atoms with Crippen LogP contribution in [0.4, 0.5) is 0 Å². The van der Waals surface area contributed by atoms with Crippen LogP contribution < -0.4 is 21.7 Å². The Hall–Kier alpha value is -4.69. The first-order valence-electron chi connectivity index (χ1n) is 15.3. The minimum Gasteiger partial charge on any atom is -0.370 e. The summed E-state index contributed by atoms with van der Waals surface area (Å²) in [4.78, 5) is 33.1. The standard InChI is InChI=1S/C36H42N6O2/c1-4-28-29(5-2)32(31-14-9-8-13-30(28)31)23-42-20-18-27(41-33(35(42)44)15-10-19-39-36(37)38-3)22-40-34(43)26-17-16-24-11-6-7-12-25(24)21-26/h4-9,11-14,16-17,21,27,32-33,41H,1-2,10,15,18-20,22-23H2,3H3,(H,40,43)(H3,37,38,39). The Labute approximate surface area is 259 Å². The van der Waals surface area contributed by atoms with Gasteiger partial charge in [-0.25, -0.2) is 0 Å². The van der Waals surface area contributed by atoms with E-state index < -0.39 is 6.04 Å². The summed E-state index contributed by atoms with van der Waals surface area (Å²) in [6.07, 6.45) is 5.85. The molecule has 0 bridgehead atoms. The Kier molecular flexibility index (Phi) is 9.92. The number of aliphatic imine (C=N–C) groups is 1. The van der Waals surface area contributed by atoms with E-state index in [4.69, 9.17) is 5.73 Å². The third-order valence-electron chi connectivity index (χ3n) is 8.67. The number of carbonyl (C=O) groups is 2. The predicted molar refractivity (Wildman–Crippen MR) is 179 cm³/mol. The highest BCUT2D eigenvalue weighted by Gasteiger charge is 2.35. The van der Waals surface area contributed by atoms with Crippen LogP contribution in [0.5, 0.6) is 0 Å². The van der Waals surface area contributed by atoms with Crippen LogP contribution in [0, 0.1) is 0 Å². The molecule has 3 atom stereocenters. The first-order valence-corrected chi connectivity index (χ1v) is 15.3. The lowest BCUT2D eigenvalue weighted by Crippen LogP contribution is -2.49. The van der Waals surface area contributed by atoms with Gasteiger partial charge in [-0.05, 0) is 64.4 Å². The van der Waals surface area contributed by atoms with Gasteiger partial charge in [-0.2, -0.15) is 0 Å². The van der Waals surface area contributed by atoms with Gasteiger partial charge in [0.1, 0.15) is 0 Å². The molecule has 1 aliphatic carbocycles. The third-order valence-corrected chi connectivity index (χ3v) is 8.67. The number of allylic oxidation sites excluding steroid dienone is 3. The molecule has 8 heteroatoms. The smallest absolute Gasteiger partial charge is 0.251 e. The Balaban J connectivity index is 1.31. The molecule has 228 valence electrons. The van der Waals surface area contributed by atoms with Gasteiger partial charge in [-0.1, -0.05) is 79.9 Å². The summed E-state index contributed by atoms with van der Waals surface area (Å²) in [5.74, 6) is 0.342. The van der Waals surface area contributed by atoms with E-state index in [0.29, 0.717) is 50.5 Å². The van der Waals surface area contributed by atoms with Gasteiger partial charge in [0.25, 0.3) is 5.91 Å². The zero-order valence-corrected chi connectivity index (χ0v) is 25.4. The molecule has 0 spiro atoms. The second-order valence-electron chi connectivity index (χ2n) is 11.4. The fraction of sp³-hybridized carbons (Fsp3) is 0.306. The molecule has 0 radical (unpaired) electrons. The molecule has 1 saturated heterocycles.